The summed E-state index contributed by atoms with van der Waals surface area (Å²) in [5.41, 5.74) is 2.49. The van der Waals surface area contributed by atoms with Crippen LogP contribution in [0.15, 0.2) is 82.1 Å². The van der Waals surface area contributed by atoms with Gasteiger partial charge in [0.2, 0.25) is 0 Å². The Bertz CT molecular complexity index is 1520. The maximum atomic E-state index is 13.0. The summed E-state index contributed by atoms with van der Waals surface area (Å²) in [7, 11) is 0. The number of esters is 1. The maximum absolute atomic E-state index is 13.0. The molecule has 0 bridgehead atoms. The van der Waals surface area contributed by atoms with Crippen LogP contribution in [-0.4, -0.2) is 15.4 Å². The Balaban J connectivity index is 1.62. The van der Waals surface area contributed by atoms with Crippen molar-refractivity contribution in [3.05, 3.63) is 103 Å². The fourth-order valence-electron chi connectivity index (χ4n) is 3.21. The van der Waals surface area contributed by atoms with Crippen molar-refractivity contribution in [1.29, 1.82) is 0 Å². The number of benzene rings is 3. The summed E-state index contributed by atoms with van der Waals surface area (Å²) in [6.45, 7) is 0. The van der Waals surface area contributed by atoms with Crippen LogP contribution in [0.5, 0.6) is 5.75 Å². The smallest absolute Gasteiger partial charge is 0.343 e. The quantitative estimate of drug-likeness (QED) is 0.285. The molecule has 5 aromatic rings. The summed E-state index contributed by atoms with van der Waals surface area (Å²) in [6.07, 6.45) is 1.73. The molecule has 5 nitrogen and oxygen atoms in total. The van der Waals surface area contributed by atoms with Gasteiger partial charge in [0.25, 0.3) is 5.56 Å². The van der Waals surface area contributed by atoms with Crippen LogP contribution in [0.1, 0.15) is 15.9 Å². The second-order valence-corrected chi connectivity index (χ2v) is 8.50. The number of hydrogen-bond donors (Lipinski definition) is 0. The molecule has 3 aromatic carbocycles. The molecule has 0 aliphatic rings. The molecule has 0 spiro atoms. The van der Waals surface area contributed by atoms with E-state index < -0.39 is 5.97 Å². The number of carbonyl (C=O) groups excluding carboxylic acids is 1. The second kappa shape index (κ2) is 7.51. The summed E-state index contributed by atoms with van der Waals surface area (Å²) in [6, 6.07) is 21.6. The number of hydrogen-bond acceptors (Lipinski definition) is 5. The minimum Gasteiger partial charge on any atom is -0.422 e. The van der Waals surface area contributed by atoms with Crippen LogP contribution in [0.2, 0.25) is 0 Å². The van der Waals surface area contributed by atoms with Gasteiger partial charge in [-0.05, 0) is 48.5 Å². The van der Waals surface area contributed by atoms with Crippen molar-refractivity contribution in [3.8, 4) is 5.75 Å². The van der Waals surface area contributed by atoms with Gasteiger partial charge in [0.15, 0.2) is 4.96 Å². The third kappa shape index (κ3) is 3.32. The minimum absolute atomic E-state index is 0.149. The molecule has 0 aliphatic carbocycles. The first kappa shape index (κ1) is 18.7. The number of para-hydroxylation sites is 2. The van der Waals surface area contributed by atoms with Gasteiger partial charge in [0.05, 0.1) is 21.1 Å². The molecule has 0 saturated heterocycles. The van der Waals surface area contributed by atoms with Crippen molar-refractivity contribution in [1.82, 2.24) is 9.38 Å². The van der Waals surface area contributed by atoms with E-state index in [0.717, 1.165) is 15.5 Å². The van der Waals surface area contributed by atoms with E-state index in [4.69, 9.17) is 4.74 Å². The van der Waals surface area contributed by atoms with E-state index in [0.29, 0.717) is 26.4 Å². The Morgan fingerprint density at radius 2 is 1.80 bits per heavy atom. The van der Waals surface area contributed by atoms with Crippen molar-refractivity contribution < 1.29 is 9.53 Å². The summed E-state index contributed by atoms with van der Waals surface area (Å²) in [4.78, 5) is 30.7. The van der Waals surface area contributed by atoms with Gasteiger partial charge in [-0.15, -0.1) is 0 Å². The topological polar surface area (TPSA) is 60.7 Å². The van der Waals surface area contributed by atoms with Gasteiger partial charge < -0.3 is 4.74 Å². The number of carbonyl (C=O) groups is 1. The zero-order valence-corrected chi connectivity index (χ0v) is 17.8. The lowest BCUT2D eigenvalue weighted by Crippen LogP contribution is -2.22. The van der Waals surface area contributed by atoms with E-state index in [9.17, 15) is 9.59 Å². The van der Waals surface area contributed by atoms with E-state index in [1.165, 1.54) is 11.3 Å². The third-order valence-corrected chi connectivity index (χ3v) is 6.08. The van der Waals surface area contributed by atoms with Crippen molar-refractivity contribution in [2.45, 2.75) is 0 Å². The van der Waals surface area contributed by atoms with Gasteiger partial charge in [0, 0.05) is 10.0 Å². The van der Waals surface area contributed by atoms with Gasteiger partial charge in [-0.3, -0.25) is 4.79 Å². The van der Waals surface area contributed by atoms with Crippen molar-refractivity contribution in [2.75, 3.05) is 0 Å². The van der Waals surface area contributed by atoms with Gasteiger partial charge in [-0.2, -0.15) is 0 Å². The van der Waals surface area contributed by atoms with Crippen LogP contribution < -0.4 is 14.8 Å². The number of thiazole rings is 1. The zero-order valence-electron chi connectivity index (χ0n) is 15.4. The maximum Gasteiger partial charge on any atom is 0.343 e. The predicted molar refractivity (Wildman–Crippen MR) is 121 cm³/mol. The highest BCUT2D eigenvalue weighted by molar-refractivity contribution is 9.10. The van der Waals surface area contributed by atoms with Gasteiger partial charge in [-0.1, -0.05) is 57.6 Å². The number of rotatable bonds is 3. The van der Waals surface area contributed by atoms with Crippen molar-refractivity contribution in [3.63, 3.8) is 0 Å². The van der Waals surface area contributed by atoms with E-state index in [-0.39, 0.29) is 5.56 Å². The molecule has 0 aliphatic heterocycles. The first-order valence-electron chi connectivity index (χ1n) is 9.09. The highest BCUT2D eigenvalue weighted by Gasteiger charge is 2.14. The number of fused-ring (bicyclic) bond motifs is 3. The predicted octanol–water partition coefficient (Wildman–Crippen LogP) is 4.44. The molecule has 0 unspecified atom stereocenters. The summed E-state index contributed by atoms with van der Waals surface area (Å²) < 4.78 is 8.55. The Hall–Kier alpha value is -3.29. The van der Waals surface area contributed by atoms with E-state index in [2.05, 4.69) is 20.9 Å². The van der Waals surface area contributed by atoms with Crippen molar-refractivity contribution >= 4 is 55.3 Å². The van der Waals surface area contributed by atoms with Gasteiger partial charge in [-0.25, -0.2) is 14.2 Å². The Morgan fingerprint density at radius 1 is 1.03 bits per heavy atom. The molecular formula is C23H13BrN2O3S. The third-order valence-electron chi connectivity index (χ3n) is 4.62. The van der Waals surface area contributed by atoms with E-state index in [1.54, 1.807) is 46.9 Å². The van der Waals surface area contributed by atoms with Crippen LogP contribution in [0.25, 0.3) is 22.1 Å². The first-order valence-corrected chi connectivity index (χ1v) is 10.7. The van der Waals surface area contributed by atoms with Crippen LogP contribution >= 0.6 is 27.3 Å². The summed E-state index contributed by atoms with van der Waals surface area (Å²) in [5.74, 6) is -0.0794. The first-order chi connectivity index (χ1) is 14.6. The molecule has 0 radical (unpaired) electrons. The Labute approximate surface area is 183 Å². The molecule has 5 rings (SSSR count). The van der Waals surface area contributed by atoms with Crippen LogP contribution in [0.3, 0.4) is 0 Å². The number of halogens is 1. The normalized spacial score (nSPS) is 12.0. The average Bonchev–Trinajstić information content (AvgIpc) is 3.27. The Morgan fingerprint density at radius 3 is 2.63 bits per heavy atom. The van der Waals surface area contributed by atoms with Crippen LogP contribution in [0.4, 0.5) is 0 Å². The minimum atomic E-state index is -0.457. The standard InChI is InChI=1S/C23H13BrN2O3S/c24-16-10-11-19(29-22(28)14-6-2-1-3-7-14)15(12-16)13-20-21(27)26-18-9-5-4-8-17(18)25-23(26)30-20/h1-13H/b20-13-. The van der Waals surface area contributed by atoms with Crippen LogP contribution in [0, 0.1) is 0 Å². The van der Waals surface area contributed by atoms with Crippen LogP contribution in [-0.2, 0) is 0 Å². The summed E-state index contributed by atoms with van der Waals surface area (Å²) >= 11 is 4.75. The molecule has 2 heterocycles. The lowest BCUT2D eigenvalue weighted by Gasteiger charge is -2.08. The summed E-state index contributed by atoms with van der Waals surface area (Å²) in [5, 5.41) is 0. The molecule has 7 heteroatoms. The second-order valence-electron chi connectivity index (χ2n) is 6.57. The molecule has 30 heavy (non-hydrogen) atoms. The van der Waals surface area contributed by atoms with E-state index in [1.807, 2.05) is 36.4 Å². The lowest BCUT2D eigenvalue weighted by atomic mass is 10.2. The molecule has 2 aromatic heterocycles. The number of imidazole rings is 1. The molecular weight excluding hydrogens is 464 g/mol. The number of nitrogens with zero attached hydrogens (tertiary/aromatic N) is 2. The highest BCUT2D eigenvalue weighted by atomic mass is 79.9. The highest BCUT2D eigenvalue weighted by Crippen LogP contribution is 2.25. The zero-order chi connectivity index (χ0) is 20.7. The van der Waals surface area contributed by atoms with Gasteiger partial charge in [0.1, 0.15) is 5.75 Å². The number of aromatic nitrogens is 2. The molecule has 0 saturated carbocycles. The molecule has 146 valence electrons. The van der Waals surface area contributed by atoms with E-state index >= 15 is 0 Å². The monoisotopic (exact) mass is 476 g/mol. The fourth-order valence-corrected chi connectivity index (χ4v) is 4.57. The molecule has 0 atom stereocenters. The lowest BCUT2D eigenvalue weighted by molar-refractivity contribution is 0.0734. The molecule has 0 fully saturated rings. The largest absolute Gasteiger partial charge is 0.422 e. The van der Waals surface area contributed by atoms with Crippen molar-refractivity contribution in [2.24, 2.45) is 0 Å². The fraction of sp³-hybridized carbons (Fsp3) is 0. The molecule has 0 N–H and O–H groups in total. The molecule has 0 amide bonds. The number of ether oxygens (including phenoxy) is 1. The van der Waals surface area contributed by atoms with Gasteiger partial charge >= 0.3 is 5.97 Å². The Kier molecular flexibility index (Phi) is 4.69. The SMILES string of the molecule is O=C(Oc1ccc(Br)cc1/C=c1\sc2nc3ccccc3n2c1=O)c1ccccc1. The average molecular weight is 477 g/mol.